The van der Waals surface area contributed by atoms with Crippen molar-refractivity contribution in [2.45, 2.75) is 38.1 Å². The van der Waals surface area contributed by atoms with E-state index in [4.69, 9.17) is 0 Å². The Bertz CT molecular complexity index is 744. The van der Waals surface area contributed by atoms with Crippen LogP contribution in [-0.4, -0.2) is 17.7 Å². The molecule has 3 aromatic carbocycles. The monoisotopic (exact) mass is 359 g/mol. The second kappa shape index (κ2) is 9.94. The van der Waals surface area contributed by atoms with E-state index in [-0.39, 0.29) is 0 Å². The van der Waals surface area contributed by atoms with Gasteiger partial charge < -0.3 is 10.4 Å². The van der Waals surface area contributed by atoms with Crippen LogP contribution < -0.4 is 5.32 Å². The molecule has 0 fully saturated rings. The number of rotatable bonds is 9. The molecule has 140 valence electrons. The molecule has 2 N–H and O–H groups in total. The second-order valence-corrected chi connectivity index (χ2v) is 7.22. The highest BCUT2D eigenvalue weighted by atomic mass is 16.3. The molecule has 0 bridgehead atoms. The summed E-state index contributed by atoms with van der Waals surface area (Å²) < 4.78 is 0. The largest absolute Gasteiger partial charge is 0.508 e. The summed E-state index contributed by atoms with van der Waals surface area (Å²) in [6, 6.07) is 29.6. The molecule has 27 heavy (non-hydrogen) atoms. The molecule has 0 saturated heterocycles. The third-order valence-electron chi connectivity index (χ3n) is 5.13. The van der Waals surface area contributed by atoms with Gasteiger partial charge in [-0.05, 0) is 61.6 Å². The Morgan fingerprint density at radius 1 is 0.741 bits per heavy atom. The number of hydrogen-bond acceptors (Lipinski definition) is 2. The first-order valence-corrected chi connectivity index (χ1v) is 9.83. The average molecular weight is 360 g/mol. The number of nitrogens with one attached hydrogen (secondary N) is 1. The summed E-state index contributed by atoms with van der Waals surface area (Å²) >= 11 is 0. The molecule has 0 spiro atoms. The van der Waals surface area contributed by atoms with E-state index in [0.717, 1.165) is 25.8 Å². The van der Waals surface area contributed by atoms with Gasteiger partial charge in [0.2, 0.25) is 0 Å². The van der Waals surface area contributed by atoms with Crippen molar-refractivity contribution in [1.82, 2.24) is 5.32 Å². The van der Waals surface area contributed by atoms with E-state index >= 15 is 0 Å². The van der Waals surface area contributed by atoms with Crippen molar-refractivity contribution in [3.8, 4) is 5.75 Å². The zero-order chi connectivity index (χ0) is 18.9. The van der Waals surface area contributed by atoms with Crippen LogP contribution in [0.3, 0.4) is 0 Å². The number of hydrogen-bond donors (Lipinski definition) is 2. The van der Waals surface area contributed by atoms with Crippen molar-refractivity contribution in [3.63, 3.8) is 0 Å². The van der Waals surface area contributed by atoms with Gasteiger partial charge >= 0.3 is 0 Å². The SMILES string of the molecule is C[C@@H](CCc1ccc(O)cc1)NCCC(c1ccccc1)c1ccccc1. The summed E-state index contributed by atoms with van der Waals surface area (Å²) in [6.45, 7) is 3.24. The number of aryl methyl sites for hydroxylation is 1. The Labute approximate surface area is 162 Å². The van der Waals surface area contributed by atoms with Crippen molar-refractivity contribution < 1.29 is 5.11 Å². The number of aromatic hydroxyl groups is 1. The van der Waals surface area contributed by atoms with Gasteiger partial charge in [-0.25, -0.2) is 0 Å². The minimum atomic E-state index is 0.331. The molecule has 1 atom stereocenters. The summed E-state index contributed by atoms with van der Waals surface area (Å²) in [4.78, 5) is 0. The number of benzene rings is 3. The van der Waals surface area contributed by atoms with E-state index in [1.165, 1.54) is 16.7 Å². The lowest BCUT2D eigenvalue weighted by molar-refractivity contribution is 0.474. The Balaban J connectivity index is 1.52. The third kappa shape index (κ3) is 5.97. The van der Waals surface area contributed by atoms with Crippen LogP contribution in [0, 0.1) is 0 Å². The molecular weight excluding hydrogens is 330 g/mol. The predicted molar refractivity (Wildman–Crippen MR) is 113 cm³/mol. The Hall–Kier alpha value is -2.58. The van der Waals surface area contributed by atoms with Crippen molar-refractivity contribution in [2.75, 3.05) is 6.54 Å². The average Bonchev–Trinajstić information content (AvgIpc) is 2.72. The van der Waals surface area contributed by atoms with Gasteiger partial charge in [0.25, 0.3) is 0 Å². The topological polar surface area (TPSA) is 32.3 Å². The van der Waals surface area contributed by atoms with E-state index in [0.29, 0.717) is 17.7 Å². The van der Waals surface area contributed by atoms with Crippen LogP contribution in [0.4, 0.5) is 0 Å². The summed E-state index contributed by atoms with van der Waals surface area (Å²) in [7, 11) is 0. The van der Waals surface area contributed by atoms with Gasteiger partial charge in [-0.1, -0.05) is 72.8 Å². The van der Waals surface area contributed by atoms with Crippen LogP contribution in [0.15, 0.2) is 84.9 Å². The van der Waals surface area contributed by atoms with E-state index < -0.39 is 0 Å². The molecule has 0 aromatic heterocycles. The second-order valence-electron chi connectivity index (χ2n) is 7.22. The van der Waals surface area contributed by atoms with Gasteiger partial charge in [-0.15, -0.1) is 0 Å². The van der Waals surface area contributed by atoms with E-state index in [9.17, 15) is 5.11 Å². The van der Waals surface area contributed by atoms with Gasteiger partial charge in [0.15, 0.2) is 0 Å². The fourth-order valence-electron chi connectivity index (χ4n) is 3.52. The molecule has 0 aliphatic rings. The maximum absolute atomic E-state index is 9.38. The molecule has 0 unspecified atom stereocenters. The normalized spacial score (nSPS) is 12.2. The minimum Gasteiger partial charge on any atom is -0.508 e. The van der Waals surface area contributed by atoms with Crippen LogP contribution in [-0.2, 0) is 6.42 Å². The van der Waals surface area contributed by atoms with Crippen molar-refractivity contribution in [1.29, 1.82) is 0 Å². The third-order valence-corrected chi connectivity index (χ3v) is 5.13. The summed E-state index contributed by atoms with van der Waals surface area (Å²) in [6.07, 6.45) is 3.19. The fraction of sp³-hybridized carbons (Fsp3) is 0.280. The highest BCUT2D eigenvalue weighted by molar-refractivity contribution is 5.32. The maximum atomic E-state index is 9.38. The standard InChI is InChI=1S/C25H29NO/c1-20(12-13-21-14-16-24(27)17-15-21)26-19-18-25(22-8-4-2-5-9-22)23-10-6-3-7-11-23/h2-11,14-17,20,25-27H,12-13,18-19H2,1H3/t20-/m0/s1. The lowest BCUT2D eigenvalue weighted by Crippen LogP contribution is -2.28. The Kier molecular flexibility index (Phi) is 7.06. The van der Waals surface area contributed by atoms with Crippen molar-refractivity contribution in [2.24, 2.45) is 0 Å². The molecule has 0 heterocycles. The fourth-order valence-corrected chi connectivity index (χ4v) is 3.52. The lowest BCUT2D eigenvalue weighted by Gasteiger charge is -2.20. The van der Waals surface area contributed by atoms with E-state index in [1.807, 2.05) is 12.1 Å². The lowest BCUT2D eigenvalue weighted by atomic mass is 9.88. The first-order chi connectivity index (χ1) is 13.2. The van der Waals surface area contributed by atoms with Gasteiger partial charge in [0, 0.05) is 12.0 Å². The molecule has 0 aliphatic carbocycles. The van der Waals surface area contributed by atoms with Gasteiger partial charge in [0.1, 0.15) is 5.75 Å². The van der Waals surface area contributed by atoms with Crippen LogP contribution >= 0.6 is 0 Å². The number of phenolic OH excluding ortho intramolecular Hbond substituents is 1. The number of phenols is 1. The zero-order valence-electron chi connectivity index (χ0n) is 16.0. The smallest absolute Gasteiger partial charge is 0.115 e. The van der Waals surface area contributed by atoms with Crippen LogP contribution in [0.25, 0.3) is 0 Å². The van der Waals surface area contributed by atoms with Gasteiger partial charge in [-0.2, -0.15) is 0 Å². The Morgan fingerprint density at radius 2 is 1.30 bits per heavy atom. The molecular formula is C25H29NO. The summed E-state index contributed by atoms with van der Waals surface area (Å²) in [5.41, 5.74) is 4.03. The van der Waals surface area contributed by atoms with Crippen LogP contribution in [0.1, 0.15) is 42.4 Å². The molecule has 0 aliphatic heterocycles. The molecule has 0 radical (unpaired) electrons. The summed E-state index contributed by atoms with van der Waals surface area (Å²) in [5, 5.41) is 13.1. The highest BCUT2D eigenvalue weighted by Crippen LogP contribution is 2.27. The zero-order valence-corrected chi connectivity index (χ0v) is 16.0. The van der Waals surface area contributed by atoms with E-state index in [2.05, 4.69) is 72.9 Å². The molecule has 2 nitrogen and oxygen atoms in total. The summed E-state index contributed by atoms with van der Waals surface area (Å²) in [5.74, 6) is 0.752. The molecule has 3 aromatic rings. The highest BCUT2D eigenvalue weighted by Gasteiger charge is 2.14. The van der Waals surface area contributed by atoms with Crippen LogP contribution in [0.5, 0.6) is 5.75 Å². The van der Waals surface area contributed by atoms with Gasteiger partial charge in [-0.3, -0.25) is 0 Å². The van der Waals surface area contributed by atoms with Gasteiger partial charge in [0.05, 0.1) is 0 Å². The van der Waals surface area contributed by atoms with Crippen molar-refractivity contribution >= 4 is 0 Å². The first-order valence-electron chi connectivity index (χ1n) is 9.83. The quantitative estimate of drug-likeness (QED) is 0.527. The predicted octanol–water partition coefficient (Wildman–Crippen LogP) is 5.53. The minimum absolute atomic E-state index is 0.331. The maximum Gasteiger partial charge on any atom is 0.115 e. The first kappa shape index (κ1) is 19.2. The van der Waals surface area contributed by atoms with Crippen LogP contribution in [0.2, 0.25) is 0 Å². The molecule has 0 saturated carbocycles. The van der Waals surface area contributed by atoms with E-state index in [1.54, 1.807) is 12.1 Å². The molecule has 2 heteroatoms. The Morgan fingerprint density at radius 3 is 1.85 bits per heavy atom. The van der Waals surface area contributed by atoms with Crippen molar-refractivity contribution in [3.05, 3.63) is 102 Å². The molecule has 3 rings (SSSR count). The molecule has 0 amide bonds.